The lowest BCUT2D eigenvalue weighted by atomic mass is 9.99. The third kappa shape index (κ3) is 4.27. The monoisotopic (exact) mass is 426 g/mol. The van der Waals surface area contributed by atoms with Crippen molar-refractivity contribution in [1.29, 1.82) is 5.26 Å². The second-order valence-electron chi connectivity index (χ2n) is 5.27. The summed E-state index contributed by atoms with van der Waals surface area (Å²) >= 11 is 6.81. The molecule has 0 fully saturated rings. The maximum absolute atomic E-state index is 9.74. The van der Waals surface area contributed by atoms with Gasteiger partial charge in [-0.3, -0.25) is 0 Å². The van der Waals surface area contributed by atoms with E-state index in [2.05, 4.69) is 28.3 Å². The number of rotatable bonds is 5. The highest BCUT2D eigenvalue weighted by Gasteiger charge is 2.15. The second kappa shape index (κ2) is 8.57. The Morgan fingerprint density at radius 3 is 2.40 bits per heavy atom. The second-order valence-corrected chi connectivity index (χ2v) is 8.38. The summed E-state index contributed by atoms with van der Waals surface area (Å²) in [5.74, 6) is 0. The molecule has 5 heteroatoms. The van der Waals surface area contributed by atoms with E-state index in [1.54, 1.807) is 23.5 Å². The maximum atomic E-state index is 9.74. The highest BCUT2D eigenvalue weighted by molar-refractivity contribution is 9.10. The fourth-order valence-corrected chi connectivity index (χ4v) is 4.11. The summed E-state index contributed by atoms with van der Waals surface area (Å²) in [5, 5.41) is 11.4. The van der Waals surface area contributed by atoms with Crippen LogP contribution in [0.1, 0.15) is 5.56 Å². The molecule has 124 valence electrons. The van der Waals surface area contributed by atoms with Gasteiger partial charge in [-0.2, -0.15) is 17.0 Å². The predicted octanol–water partition coefficient (Wildman–Crippen LogP) is 6.46. The van der Waals surface area contributed by atoms with Crippen molar-refractivity contribution >= 4 is 39.5 Å². The van der Waals surface area contributed by atoms with Crippen LogP contribution < -0.4 is 0 Å². The van der Waals surface area contributed by atoms with Crippen LogP contribution in [0, 0.1) is 11.3 Å². The maximum Gasteiger partial charge on any atom is 0.116 e. The molecule has 0 spiro atoms. The molecular formula is C20H15BrN2S2. The number of benzene rings is 2. The van der Waals surface area contributed by atoms with E-state index in [1.807, 2.05) is 60.7 Å². The highest BCUT2D eigenvalue weighted by Crippen LogP contribution is 2.35. The average Bonchev–Trinajstić information content (AvgIpc) is 2.67. The zero-order valence-corrected chi connectivity index (χ0v) is 16.8. The van der Waals surface area contributed by atoms with Crippen molar-refractivity contribution in [3.05, 3.63) is 70.7 Å². The van der Waals surface area contributed by atoms with Crippen LogP contribution in [0.4, 0.5) is 0 Å². The van der Waals surface area contributed by atoms with Gasteiger partial charge in [-0.15, -0.1) is 0 Å². The van der Waals surface area contributed by atoms with Gasteiger partial charge in [-0.05, 0) is 30.0 Å². The summed E-state index contributed by atoms with van der Waals surface area (Å²) < 4.78 is 1.03. The van der Waals surface area contributed by atoms with Crippen LogP contribution in [0.15, 0.2) is 70.2 Å². The van der Waals surface area contributed by atoms with Gasteiger partial charge < -0.3 is 0 Å². The van der Waals surface area contributed by atoms with Gasteiger partial charge in [0.2, 0.25) is 0 Å². The van der Waals surface area contributed by atoms with Gasteiger partial charge in [0.25, 0.3) is 0 Å². The number of aromatic nitrogens is 1. The molecule has 0 N–H and O–H groups in total. The SMILES string of the molecule is CSCSc1nc(-c2ccc(Br)cc2)cc(-c2ccccc2)c1C#N. The summed E-state index contributed by atoms with van der Waals surface area (Å²) in [6.45, 7) is 0. The van der Waals surface area contributed by atoms with Crippen molar-refractivity contribution in [2.75, 3.05) is 11.3 Å². The summed E-state index contributed by atoms with van der Waals surface area (Å²) in [7, 11) is 0. The Hall–Kier alpha value is -1.74. The topological polar surface area (TPSA) is 36.7 Å². The first-order chi connectivity index (χ1) is 12.2. The molecule has 2 nitrogen and oxygen atoms in total. The van der Waals surface area contributed by atoms with E-state index in [9.17, 15) is 5.26 Å². The fourth-order valence-electron chi connectivity index (χ4n) is 2.46. The predicted molar refractivity (Wildman–Crippen MR) is 112 cm³/mol. The smallest absolute Gasteiger partial charge is 0.116 e. The minimum Gasteiger partial charge on any atom is -0.240 e. The van der Waals surface area contributed by atoms with Crippen molar-refractivity contribution < 1.29 is 0 Å². The molecule has 0 aliphatic carbocycles. The zero-order chi connectivity index (χ0) is 17.6. The summed E-state index contributed by atoms with van der Waals surface area (Å²) in [5.41, 5.74) is 4.53. The first kappa shape index (κ1) is 18.1. The van der Waals surface area contributed by atoms with Crippen molar-refractivity contribution in [2.24, 2.45) is 0 Å². The van der Waals surface area contributed by atoms with E-state index < -0.39 is 0 Å². The van der Waals surface area contributed by atoms with Crippen LogP contribution in [-0.4, -0.2) is 16.3 Å². The Morgan fingerprint density at radius 1 is 1.04 bits per heavy atom. The molecule has 2 aromatic carbocycles. The third-order valence-electron chi connectivity index (χ3n) is 3.64. The van der Waals surface area contributed by atoms with Crippen molar-refractivity contribution in [2.45, 2.75) is 5.03 Å². The van der Waals surface area contributed by atoms with Crippen molar-refractivity contribution in [1.82, 2.24) is 4.98 Å². The first-order valence-corrected chi connectivity index (χ1v) is 10.8. The molecular weight excluding hydrogens is 412 g/mol. The number of hydrogen-bond donors (Lipinski definition) is 0. The fraction of sp³-hybridized carbons (Fsp3) is 0.100. The Balaban J connectivity index is 2.20. The number of thioether (sulfide) groups is 2. The summed E-state index contributed by atoms with van der Waals surface area (Å²) in [6, 6.07) is 22.5. The van der Waals surface area contributed by atoms with Crippen LogP contribution in [0.25, 0.3) is 22.4 Å². The highest BCUT2D eigenvalue weighted by atomic mass is 79.9. The zero-order valence-electron chi connectivity index (χ0n) is 13.6. The Labute approximate surface area is 164 Å². The molecule has 1 heterocycles. The lowest BCUT2D eigenvalue weighted by Gasteiger charge is -2.12. The van der Waals surface area contributed by atoms with Crippen LogP contribution in [0.3, 0.4) is 0 Å². The van der Waals surface area contributed by atoms with E-state index >= 15 is 0 Å². The van der Waals surface area contributed by atoms with Crippen LogP contribution in [0.2, 0.25) is 0 Å². The van der Waals surface area contributed by atoms with Gasteiger partial charge in [-0.25, -0.2) is 4.98 Å². The van der Waals surface area contributed by atoms with E-state index in [0.29, 0.717) is 5.56 Å². The molecule has 0 atom stereocenters. The average molecular weight is 427 g/mol. The normalized spacial score (nSPS) is 10.4. The number of halogens is 1. The number of nitriles is 1. The molecule has 0 saturated heterocycles. The largest absolute Gasteiger partial charge is 0.240 e. The number of hydrogen-bond acceptors (Lipinski definition) is 4. The summed E-state index contributed by atoms with van der Waals surface area (Å²) in [6.07, 6.45) is 2.05. The molecule has 1 aromatic heterocycles. The Kier molecular flexibility index (Phi) is 6.19. The molecule has 0 saturated carbocycles. The first-order valence-electron chi connectivity index (χ1n) is 7.61. The van der Waals surface area contributed by atoms with E-state index in [1.165, 1.54) is 0 Å². The van der Waals surface area contributed by atoms with E-state index in [0.717, 1.165) is 37.0 Å². The van der Waals surface area contributed by atoms with Gasteiger partial charge in [0.1, 0.15) is 11.1 Å². The molecule has 0 amide bonds. The Bertz CT molecular complexity index is 903. The number of pyridine rings is 1. The van der Waals surface area contributed by atoms with Gasteiger partial charge in [-0.1, -0.05) is 70.2 Å². The van der Waals surface area contributed by atoms with E-state index in [-0.39, 0.29) is 0 Å². The molecule has 3 aromatic rings. The van der Waals surface area contributed by atoms with Crippen LogP contribution >= 0.6 is 39.5 Å². The summed E-state index contributed by atoms with van der Waals surface area (Å²) in [4.78, 5) is 4.78. The molecule has 0 unspecified atom stereocenters. The lowest BCUT2D eigenvalue weighted by Crippen LogP contribution is -1.96. The third-order valence-corrected chi connectivity index (χ3v) is 6.15. The standard InChI is InChI=1S/C20H15BrN2S2/c1-24-13-25-20-18(12-22)17(14-5-3-2-4-6-14)11-19(23-20)15-7-9-16(21)10-8-15/h2-11H,13H2,1H3. The minimum atomic E-state index is 0.645. The minimum absolute atomic E-state index is 0.645. The molecule has 0 bridgehead atoms. The molecule has 0 aliphatic rings. The van der Waals surface area contributed by atoms with Crippen molar-refractivity contribution in [3.8, 4) is 28.5 Å². The van der Waals surface area contributed by atoms with Crippen LogP contribution in [-0.2, 0) is 0 Å². The lowest BCUT2D eigenvalue weighted by molar-refractivity contribution is 1.12. The quantitative estimate of drug-likeness (QED) is 0.346. The Morgan fingerprint density at radius 2 is 1.76 bits per heavy atom. The molecule has 3 rings (SSSR count). The van der Waals surface area contributed by atoms with Gasteiger partial charge in [0, 0.05) is 20.7 Å². The van der Waals surface area contributed by atoms with Crippen LogP contribution in [0.5, 0.6) is 0 Å². The van der Waals surface area contributed by atoms with Gasteiger partial charge >= 0.3 is 0 Å². The van der Waals surface area contributed by atoms with E-state index in [4.69, 9.17) is 4.98 Å². The van der Waals surface area contributed by atoms with Gasteiger partial charge in [0.15, 0.2) is 0 Å². The van der Waals surface area contributed by atoms with Crippen molar-refractivity contribution in [3.63, 3.8) is 0 Å². The number of nitrogens with zero attached hydrogens (tertiary/aromatic N) is 2. The molecule has 25 heavy (non-hydrogen) atoms. The van der Waals surface area contributed by atoms with Gasteiger partial charge in [0.05, 0.1) is 11.3 Å². The molecule has 0 aliphatic heterocycles. The molecule has 0 radical (unpaired) electrons.